The van der Waals surface area contributed by atoms with E-state index in [1.165, 1.54) is 45.1 Å². The van der Waals surface area contributed by atoms with Gasteiger partial charge in [0.15, 0.2) is 0 Å². The molecule has 2 nitrogen and oxygen atoms in total. The molecule has 0 aromatic heterocycles. The van der Waals surface area contributed by atoms with Crippen LogP contribution in [0.1, 0.15) is 58.3 Å². The van der Waals surface area contributed by atoms with Gasteiger partial charge in [0.25, 0.3) is 0 Å². The van der Waals surface area contributed by atoms with E-state index in [1.54, 1.807) is 0 Å². The summed E-state index contributed by atoms with van der Waals surface area (Å²) in [5.74, 6) is 0.576. The second kappa shape index (κ2) is 5.50. The highest BCUT2D eigenvalue weighted by Crippen LogP contribution is 2.38. The van der Waals surface area contributed by atoms with Gasteiger partial charge >= 0.3 is 0 Å². The molecule has 2 heteroatoms. The number of hydrogen-bond donors (Lipinski definition) is 1. The van der Waals surface area contributed by atoms with Crippen LogP contribution in [-0.2, 0) is 0 Å². The van der Waals surface area contributed by atoms with Gasteiger partial charge in [-0.2, -0.15) is 0 Å². The molecule has 16 heavy (non-hydrogen) atoms. The third kappa shape index (κ3) is 2.78. The Morgan fingerprint density at radius 2 is 2.00 bits per heavy atom. The van der Waals surface area contributed by atoms with E-state index in [1.807, 2.05) is 0 Å². The molecule has 2 aliphatic rings. The van der Waals surface area contributed by atoms with Crippen molar-refractivity contribution >= 4 is 0 Å². The van der Waals surface area contributed by atoms with E-state index in [0.717, 1.165) is 25.9 Å². The summed E-state index contributed by atoms with van der Waals surface area (Å²) in [7, 11) is 0. The van der Waals surface area contributed by atoms with E-state index in [0.29, 0.717) is 5.92 Å². The molecular weight excluding hydrogens is 198 g/mol. The molecule has 3 unspecified atom stereocenters. The molecule has 0 amide bonds. The van der Waals surface area contributed by atoms with E-state index in [-0.39, 0.29) is 5.60 Å². The Labute approximate surface area is 100 Å². The van der Waals surface area contributed by atoms with Crippen molar-refractivity contribution in [3.63, 3.8) is 0 Å². The van der Waals surface area contributed by atoms with Crippen LogP contribution < -0.4 is 0 Å². The highest BCUT2D eigenvalue weighted by atomic mass is 16.3. The molecular formula is C14H27NO. The number of fused-ring (bicyclic) bond motifs is 2. The molecule has 0 spiro atoms. The van der Waals surface area contributed by atoms with Crippen LogP contribution in [0.3, 0.4) is 0 Å². The molecule has 2 heterocycles. The minimum absolute atomic E-state index is 0.306. The lowest BCUT2D eigenvalue weighted by Gasteiger charge is -2.39. The third-order valence-electron chi connectivity index (χ3n) is 4.61. The standard InChI is InChI=1S/C14H27NO/c1-2-3-4-5-6-8-14(16)9-11-15-10-7-13(14)12-15/h13,16H,2-12H2,1H3. The molecule has 2 aliphatic heterocycles. The number of rotatable bonds is 6. The van der Waals surface area contributed by atoms with Crippen molar-refractivity contribution in [3.05, 3.63) is 0 Å². The summed E-state index contributed by atoms with van der Waals surface area (Å²) < 4.78 is 0. The molecule has 0 aromatic carbocycles. The van der Waals surface area contributed by atoms with Gasteiger partial charge in [-0.15, -0.1) is 0 Å². The van der Waals surface area contributed by atoms with Crippen molar-refractivity contribution < 1.29 is 5.11 Å². The summed E-state index contributed by atoms with van der Waals surface area (Å²) in [6.07, 6.45) is 9.85. The van der Waals surface area contributed by atoms with Crippen LogP contribution in [0.4, 0.5) is 0 Å². The molecule has 94 valence electrons. The van der Waals surface area contributed by atoms with Crippen molar-refractivity contribution in [3.8, 4) is 0 Å². The van der Waals surface area contributed by atoms with Crippen LogP contribution in [-0.4, -0.2) is 35.2 Å². The molecule has 2 saturated heterocycles. The maximum absolute atomic E-state index is 10.7. The Kier molecular flexibility index (Phi) is 4.26. The summed E-state index contributed by atoms with van der Waals surface area (Å²) >= 11 is 0. The van der Waals surface area contributed by atoms with Gasteiger partial charge in [0.2, 0.25) is 0 Å². The average molecular weight is 225 g/mol. The zero-order chi connectivity index (χ0) is 11.4. The van der Waals surface area contributed by atoms with Gasteiger partial charge in [0.05, 0.1) is 5.60 Å². The number of unbranched alkanes of at least 4 members (excludes halogenated alkanes) is 4. The lowest BCUT2D eigenvalue weighted by molar-refractivity contribution is -0.0526. The molecule has 0 radical (unpaired) electrons. The van der Waals surface area contributed by atoms with E-state index < -0.39 is 0 Å². The molecule has 0 aliphatic carbocycles. The summed E-state index contributed by atoms with van der Waals surface area (Å²) in [5.41, 5.74) is -0.306. The summed E-state index contributed by atoms with van der Waals surface area (Å²) in [6, 6.07) is 0. The molecule has 2 fully saturated rings. The highest BCUT2D eigenvalue weighted by Gasteiger charge is 2.43. The first-order valence-electron chi connectivity index (χ1n) is 7.19. The summed E-state index contributed by atoms with van der Waals surface area (Å²) in [5, 5.41) is 10.7. The predicted octanol–water partition coefficient (Wildman–Crippen LogP) is 2.80. The Hall–Kier alpha value is -0.0800. The topological polar surface area (TPSA) is 23.5 Å². The van der Waals surface area contributed by atoms with Crippen LogP contribution in [0.15, 0.2) is 0 Å². The van der Waals surface area contributed by atoms with E-state index in [2.05, 4.69) is 11.8 Å². The molecule has 2 rings (SSSR count). The van der Waals surface area contributed by atoms with Crippen molar-refractivity contribution in [2.24, 2.45) is 5.92 Å². The van der Waals surface area contributed by atoms with E-state index in [9.17, 15) is 5.11 Å². The van der Waals surface area contributed by atoms with Crippen molar-refractivity contribution in [2.45, 2.75) is 63.9 Å². The molecule has 1 N–H and O–H groups in total. The zero-order valence-electron chi connectivity index (χ0n) is 10.7. The smallest absolute Gasteiger partial charge is 0.0700 e. The molecule has 0 saturated carbocycles. The fourth-order valence-corrected chi connectivity index (χ4v) is 3.39. The van der Waals surface area contributed by atoms with Crippen molar-refractivity contribution in [1.82, 2.24) is 4.90 Å². The first-order chi connectivity index (χ1) is 7.74. The first-order valence-corrected chi connectivity index (χ1v) is 7.19. The number of aliphatic hydroxyl groups is 1. The molecule has 0 aromatic rings. The van der Waals surface area contributed by atoms with Gasteiger partial charge in [-0.05, 0) is 25.8 Å². The van der Waals surface area contributed by atoms with Crippen molar-refractivity contribution in [1.29, 1.82) is 0 Å². The van der Waals surface area contributed by atoms with Gasteiger partial charge in [0.1, 0.15) is 0 Å². The van der Waals surface area contributed by atoms with Crippen LogP contribution >= 0.6 is 0 Å². The lowest BCUT2D eigenvalue weighted by atomic mass is 9.78. The van der Waals surface area contributed by atoms with Gasteiger partial charge in [0, 0.05) is 19.0 Å². The second-order valence-electron chi connectivity index (χ2n) is 5.80. The fourth-order valence-electron chi connectivity index (χ4n) is 3.39. The van der Waals surface area contributed by atoms with Crippen LogP contribution in [0.5, 0.6) is 0 Å². The Morgan fingerprint density at radius 3 is 2.81 bits per heavy atom. The van der Waals surface area contributed by atoms with Gasteiger partial charge in [-0.1, -0.05) is 39.0 Å². The molecule has 3 atom stereocenters. The zero-order valence-corrected chi connectivity index (χ0v) is 10.7. The lowest BCUT2D eigenvalue weighted by Crippen LogP contribution is -2.46. The van der Waals surface area contributed by atoms with E-state index in [4.69, 9.17) is 0 Å². The average Bonchev–Trinajstić information content (AvgIpc) is 2.70. The fraction of sp³-hybridized carbons (Fsp3) is 1.00. The number of hydrogen-bond acceptors (Lipinski definition) is 2. The monoisotopic (exact) mass is 225 g/mol. The van der Waals surface area contributed by atoms with Gasteiger partial charge in [-0.3, -0.25) is 0 Å². The largest absolute Gasteiger partial charge is 0.390 e. The second-order valence-corrected chi connectivity index (χ2v) is 5.80. The maximum Gasteiger partial charge on any atom is 0.0700 e. The summed E-state index contributed by atoms with van der Waals surface area (Å²) in [4.78, 5) is 2.51. The minimum Gasteiger partial charge on any atom is -0.390 e. The summed E-state index contributed by atoms with van der Waals surface area (Å²) in [6.45, 7) is 5.76. The first kappa shape index (κ1) is 12.4. The van der Waals surface area contributed by atoms with Gasteiger partial charge in [-0.25, -0.2) is 0 Å². The third-order valence-corrected chi connectivity index (χ3v) is 4.61. The van der Waals surface area contributed by atoms with Crippen molar-refractivity contribution in [2.75, 3.05) is 19.6 Å². The van der Waals surface area contributed by atoms with Crippen LogP contribution in [0.25, 0.3) is 0 Å². The van der Waals surface area contributed by atoms with Crippen LogP contribution in [0.2, 0.25) is 0 Å². The highest BCUT2D eigenvalue weighted by molar-refractivity contribution is 4.97. The SMILES string of the molecule is CCCCCCCC1(O)CCN2CCC1C2. The Bertz CT molecular complexity index is 219. The quantitative estimate of drug-likeness (QED) is 0.703. The van der Waals surface area contributed by atoms with E-state index >= 15 is 0 Å². The Morgan fingerprint density at radius 1 is 1.19 bits per heavy atom. The van der Waals surface area contributed by atoms with Gasteiger partial charge < -0.3 is 10.0 Å². The molecule has 2 bridgehead atoms. The number of piperidine rings is 1. The Balaban J connectivity index is 1.70. The van der Waals surface area contributed by atoms with Crippen LogP contribution in [0, 0.1) is 5.92 Å². The minimum atomic E-state index is -0.306. The normalized spacial score (nSPS) is 37.9. The maximum atomic E-state index is 10.7. The number of nitrogens with zero attached hydrogens (tertiary/aromatic N) is 1. The predicted molar refractivity (Wildman–Crippen MR) is 67.5 cm³/mol.